The van der Waals surface area contributed by atoms with Crippen molar-refractivity contribution in [2.45, 2.75) is 31.5 Å². The first-order chi connectivity index (χ1) is 10.2. The Labute approximate surface area is 127 Å². The molecule has 4 nitrogen and oxygen atoms in total. The van der Waals surface area contributed by atoms with Crippen molar-refractivity contribution in [3.05, 3.63) is 35.4 Å². The van der Waals surface area contributed by atoms with Crippen LogP contribution in [0.4, 0.5) is 0 Å². The fraction of sp³-hybridized carbons (Fsp3) is 0.588. The van der Waals surface area contributed by atoms with Gasteiger partial charge in [0.25, 0.3) is 0 Å². The van der Waals surface area contributed by atoms with E-state index < -0.39 is 0 Å². The molecule has 4 heteroatoms. The Bertz CT molecular complexity index is 484. The van der Waals surface area contributed by atoms with Crippen molar-refractivity contribution in [3.63, 3.8) is 0 Å². The Kier molecular flexibility index (Phi) is 6.19. The summed E-state index contributed by atoms with van der Waals surface area (Å²) in [4.78, 5) is 2.26. The molecule has 1 heterocycles. The molecule has 21 heavy (non-hydrogen) atoms. The number of ether oxygens (including phenoxy) is 2. The van der Waals surface area contributed by atoms with Gasteiger partial charge in [0.1, 0.15) is 0 Å². The zero-order valence-corrected chi connectivity index (χ0v) is 12.9. The number of nitrogens with zero attached hydrogens (tertiary/aromatic N) is 2. The van der Waals surface area contributed by atoms with E-state index in [1.54, 1.807) is 7.11 Å². The molecule has 1 fully saturated rings. The number of likely N-dealkylation sites (N-methyl/N-ethyl adjacent to an activating group) is 1. The zero-order valence-electron chi connectivity index (χ0n) is 12.9. The van der Waals surface area contributed by atoms with E-state index in [2.05, 4.69) is 24.1 Å². The van der Waals surface area contributed by atoms with Crippen LogP contribution in [-0.2, 0) is 15.9 Å². The molecule has 1 aromatic carbocycles. The Hall–Kier alpha value is -1.41. The standard InChI is InChI=1S/C17H24N2O2/c1-19(8-9-20-2)13-17-7-6-16(21-17)11-14-4-3-5-15(10-14)12-18/h3-5,10,16-17H,6-9,11,13H2,1-2H3/t16-,17+/m1/s1. The van der Waals surface area contributed by atoms with Crippen LogP contribution < -0.4 is 0 Å². The molecule has 0 bridgehead atoms. The molecular weight excluding hydrogens is 264 g/mol. The maximum atomic E-state index is 8.94. The van der Waals surface area contributed by atoms with Crippen LogP contribution in [0, 0.1) is 11.3 Å². The SMILES string of the molecule is COCCN(C)C[C@@H]1CC[C@H](Cc2cccc(C#N)c2)O1. The molecule has 0 radical (unpaired) electrons. The van der Waals surface area contributed by atoms with Crippen molar-refractivity contribution >= 4 is 0 Å². The van der Waals surface area contributed by atoms with E-state index in [9.17, 15) is 0 Å². The second-order valence-electron chi connectivity index (χ2n) is 5.73. The molecule has 0 aliphatic carbocycles. The van der Waals surface area contributed by atoms with Crippen LogP contribution in [-0.4, -0.2) is 51.0 Å². The monoisotopic (exact) mass is 288 g/mol. The minimum Gasteiger partial charge on any atom is -0.383 e. The molecule has 2 rings (SSSR count). The zero-order chi connectivity index (χ0) is 15.1. The van der Waals surface area contributed by atoms with Crippen molar-refractivity contribution < 1.29 is 9.47 Å². The summed E-state index contributed by atoms with van der Waals surface area (Å²) in [7, 11) is 3.83. The molecule has 114 valence electrons. The van der Waals surface area contributed by atoms with Gasteiger partial charge in [-0.05, 0) is 44.0 Å². The van der Waals surface area contributed by atoms with Crippen molar-refractivity contribution in [2.75, 3.05) is 33.9 Å². The average molecular weight is 288 g/mol. The van der Waals surface area contributed by atoms with Crippen LogP contribution in [0.3, 0.4) is 0 Å². The maximum Gasteiger partial charge on any atom is 0.0991 e. The van der Waals surface area contributed by atoms with E-state index in [-0.39, 0.29) is 6.10 Å². The molecule has 0 amide bonds. The smallest absolute Gasteiger partial charge is 0.0991 e. The van der Waals surface area contributed by atoms with Gasteiger partial charge in [-0.15, -0.1) is 0 Å². The molecule has 1 saturated heterocycles. The minimum atomic E-state index is 0.278. The van der Waals surface area contributed by atoms with E-state index in [1.807, 2.05) is 18.2 Å². The van der Waals surface area contributed by atoms with Gasteiger partial charge in [-0.25, -0.2) is 0 Å². The Morgan fingerprint density at radius 2 is 2.19 bits per heavy atom. The van der Waals surface area contributed by atoms with Crippen LogP contribution in [0.15, 0.2) is 24.3 Å². The van der Waals surface area contributed by atoms with Crippen molar-refractivity contribution in [2.24, 2.45) is 0 Å². The lowest BCUT2D eigenvalue weighted by atomic mass is 10.0. The summed E-state index contributed by atoms with van der Waals surface area (Å²) < 4.78 is 11.2. The van der Waals surface area contributed by atoms with Gasteiger partial charge in [0.15, 0.2) is 0 Å². The average Bonchev–Trinajstić information content (AvgIpc) is 2.92. The van der Waals surface area contributed by atoms with Gasteiger partial charge in [0, 0.05) is 20.2 Å². The summed E-state index contributed by atoms with van der Waals surface area (Å²) in [6.07, 6.45) is 3.70. The summed E-state index contributed by atoms with van der Waals surface area (Å²) in [5.74, 6) is 0. The third-order valence-corrected chi connectivity index (χ3v) is 3.91. The normalized spacial score (nSPS) is 21.6. The second kappa shape index (κ2) is 8.14. The van der Waals surface area contributed by atoms with Crippen LogP contribution in [0.1, 0.15) is 24.0 Å². The molecule has 0 spiro atoms. The van der Waals surface area contributed by atoms with Gasteiger partial charge >= 0.3 is 0 Å². The highest BCUT2D eigenvalue weighted by atomic mass is 16.5. The minimum absolute atomic E-state index is 0.278. The van der Waals surface area contributed by atoms with Crippen LogP contribution in [0.25, 0.3) is 0 Å². The van der Waals surface area contributed by atoms with Gasteiger partial charge in [-0.1, -0.05) is 12.1 Å². The molecule has 1 aromatic rings. The highest BCUT2D eigenvalue weighted by Gasteiger charge is 2.26. The lowest BCUT2D eigenvalue weighted by molar-refractivity contribution is 0.0241. The summed E-state index contributed by atoms with van der Waals surface area (Å²) in [5.41, 5.74) is 1.91. The van der Waals surface area contributed by atoms with E-state index in [0.717, 1.165) is 44.5 Å². The van der Waals surface area contributed by atoms with Gasteiger partial charge in [-0.2, -0.15) is 5.26 Å². The number of rotatable bonds is 7. The van der Waals surface area contributed by atoms with Gasteiger partial charge < -0.3 is 14.4 Å². The van der Waals surface area contributed by atoms with E-state index in [4.69, 9.17) is 14.7 Å². The number of benzene rings is 1. The summed E-state index contributed by atoms with van der Waals surface area (Å²) >= 11 is 0. The van der Waals surface area contributed by atoms with E-state index in [1.165, 1.54) is 5.56 Å². The first-order valence-electron chi connectivity index (χ1n) is 7.53. The highest BCUT2D eigenvalue weighted by Crippen LogP contribution is 2.23. The number of hydrogen-bond acceptors (Lipinski definition) is 4. The number of nitriles is 1. The van der Waals surface area contributed by atoms with Crippen molar-refractivity contribution in [1.29, 1.82) is 5.26 Å². The van der Waals surface area contributed by atoms with E-state index in [0.29, 0.717) is 6.10 Å². The topological polar surface area (TPSA) is 45.5 Å². The first-order valence-corrected chi connectivity index (χ1v) is 7.53. The molecule has 0 unspecified atom stereocenters. The lowest BCUT2D eigenvalue weighted by Crippen LogP contribution is -2.32. The maximum absolute atomic E-state index is 8.94. The first kappa shape index (κ1) is 16.0. The fourth-order valence-corrected chi connectivity index (χ4v) is 2.78. The molecule has 0 aromatic heterocycles. The third-order valence-electron chi connectivity index (χ3n) is 3.91. The molecule has 2 atom stereocenters. The van der Waals surface area contributed by atoms with Crippen LogP contribution >= 0.6 is 0 Å². The molecular formula is C17H24N2O2. The molecule has 1 aliphatic rings. The third kappa shape index (κ3) is 5.13. The predicted octanol–water partition coefficient (Wildman–Crippen LogP) is 2.23. The Morgan fingerprint density at radius 1 is 1.38 bits per heavy atom. The molecule has 0 N–H and O–H groups in total. The largest absolute Gasteiger partial charge is 0.383 e. The van der Waals surface area contributed by atoms with Crippen molar-refractivity contribution in [3.8, 4) is 6.07 Å². The number of hydrogen-bond donors (Lipinski definition) is 0. The van der Waals surface area contributed by atoms with Gasteiger partial charge in [0.2, 0.25) is 0 Å². The number of methoxy groups -OCH3 is 1. The van der Waals surface area contributed by atoms with Gasteiger partial charge in [-0.3, -0.25) is 0 Å². The Balaban J connectivity index is 1.78. The summed E-state index contributed by atoms with van der Waals surface area (Å²) in [6, 6.07) is 10.0. The van der Waals surface area contributed by atoms with Crippen LogP contribution in [0.5, 0.6) is 0 Å². The summed E-state index contributed by atoms with van der Waals surface area (Å²) in [6.45, 7) is 2.65. The van der Waals surface area contributed by atoms with E-state index >= 15 is 0 Å². The predicted molar refractivity (Wildman–Crippen MR) is 82.1 cm³/mol. The van der Waals surface area contributed by atoms with Gasteiger partial charge in [0.05, 0.1) is 30.4 Å². The highest BCUT2D eigenvalue weighted by molar-refractivity contribution is 5.33. The molecule has 0 saturated carbocycles. The van der Waals surface area contributed by atoms with Crippen molar-refractivity contribution in [1.82, 2.24) is 4.90 Å². The fourth-order valence-electron chi connectivity index (χ4n) is 2.78. The quantitative estimate of drug-likeness (QED) is 0.772. The second-order valence-corrected chi connectivity index (χ2v) is 5.73. The van der Waals surface area contributed by atoms with Crippen LogP contribution in [0.2, 0.25) is 0 Å². The summed E-state index contributed by atoms with van der Waals surface area (Å²) in [5, 5.41) is 8.94. The molecule has 1 aliphatic heterocycles. The lowest BCUT2D eigenvalue weighted by Gasteiger charge is -2.21. The Morgan fingerprint density at radius 3 is 2.95 bits per heavy atom.